The highest BCUT2D eigenvalue weighted by Gasteiger charge is 2.52. The maximum Gasteiger partial charge on any atom is 0.272 e. The molecule has 1 aromatic heterocycles. The van der Waals surface area contributed by atoms with Crippen LogP contribution in [0.1, 0.15) is 21.6 Å². The van der Waals surface area contributed by atoms with Gasteiger partial charge in [-0.3, -0.25) is 9.78 Å². The molecule has 0 atom stereocenters. The van der Waals surface area contributed by atoms with Gasteiger partial charge in [-0.1, -0.05) is 78.9 Å². The molecule has 24 heteroatoms. The van der Waals surface area contributed by atoms with E-state index in [0.29, 0.717) is 12.2 Å². The van der Waals surface area contributed by atoms with Gasteiger partial charge in [0.25, 0.3) is 11.5 Å². The molecule has 1 heterocycles. The fraction of sp³-hybridized carbons (Fsp3) is 0.0200. The number of nitrogens with zero attached hydrogens (tertiary/aromatic N) is 2. The SMILES string of the molecule is Fc1c(F)c(F)c([B-](c2c(F)c(F)c(F)c(F)c2F)(c2c(F)c(F)c(F)c(F)c2F)c2c(F)c(F)c(F)c(F)c2F)c(F)c1F.O=C(c1c2ccccc2cc2ccccc12)c1cncc[n+]1Cc1ccccc1. The molecule has 3 nitrogen and oxygen atoms in total. The summed E-state index contributed by atoms with van der Waals surface area (Å²) in [4.78, 5) is 18.1. The Hall–Kier alpha value is -8.31. The Morgan fingerprint density at radius 1 is 0.392 bits per heavy atom. The first-order chi connectivity index (χ1) is 35.0. The van der Waals surface area contributed by atoms with Gasteiger partial charge in [-0.05, 0) is 27.6 Å². The predicted octanol–water partition coefficient (Wildman–Crippen LogP) is 10.8. The number of rotatable bonds is 8. The quantitative estimate of drug-likeness (QED) is 0.0289. The molecule has 8 aromatic carbocycles. The van der Waals surface area contributed by atoms with Crippen molar-refractivity contribution in [2.45, 2.75) is 6.54 Å². The fourth-order valence-corrected chi connectivity index (χ4v) is 8.75. The number of halogens is 20. The van der Waals surface area contributed by atoms with E-state index in [9.17, 15) is 57.5 Å². The van der Waals surface area contributed by atoms with E-state index in [1.807, 2.05) is 65.4 Å². The highest BCUT2D eigenvalue weighted by Crippen LogP contribution is 2.32. The van der Waals surface area contributed by atoms with Gasteiger partial charge in [0.05, 0.1) is 6.20 Å². The van der Waals surface area contributed by atoms with E-state index in [2.05, 4.69) is 35.3 Å². The van der Waals surface area contributed by atoms with Crippen molar-refractivity contribution in [2.24, 2.45) is 0 Å². The molecule has 0 N–H and O–H groups in total. The summed E-state index contributed by atoms with van der Waals surface area (Å²) in [5.74, 6) is -71.4. The maximum absolute atomic E-state index is 15.4. The van der Waals surface area contributed by atoms with Crippen LogP contribution < -0.4 is 26.4 Å². The summed E-state index contributed by atoms with van der Waals surface area (Å²) in [7, 11) is 0. The number of hydrogen-bond donors (Lipinski definition) is 0. The van der Waals surface area contributed by atoms with Gasteiger partial charge in [-0.15, -0.1) is 21.9 Å². The third-order valence-corrected chi connectivity index (χ3v) is 12.0. The summed E-state index contributed by atoms with van der Waals surface area (Å²) in [5, 5.41) is 4.05. The lowest BCUT2D eigenvalue weighted by Crippen LogP contribution is -2.81. The maximum atomic E-state index is 15.4. The molecule has 0 fully saturated rings. The van der Waals surface area contributed by atoms with Gasteiger partial charge in [-0.2, -0.15) is 4.57 Å². The minimum absolute atomic E-state index is 0.0120. The van der Waals surface area contributed by atoms with E-state index < -0.39 is 144 Å². The minimum Gasteiger partial charge on any atom is -0.282 e. The Kier molecular flexibility index (Phi) is 13.8. The third kappa shape index (κ3) is 8.02. The van der Waals surface area contributed by atoms with Gasteiger partial charge in [0, 0.05) is 11.1 Å². The lowest BCUT2D eigenvalue weighted by molar-refractivity contribution is -0.690. The number of fused-ring (bicyclic) bond motifs is 2. The average Bonchev–Trinajstić information content (AvgIpc) is 3.40. The molecule has 0 bridgehead atoms. The molecule has 378 valence electrons. The molecule has 0 radical (unpaired) electrons. The zero-order valence-electron chi connectivity index (χ0n) is 36.0. The van der Waals surface area contributed by atoms with Crippen LogP contribution in [-0.2, 0) is 6.54 Å². The lowest BCUT2D eigenvalue weighted by Gasteiger charge is -2.44. The molecule has 0 amide bonds. The number of hydrogen-bond acceptors (Lipinski definition) is 2. The molecule has 0 aliphatic heterocycles. The molecule has 0 saturated carbocycles. The summed E-state index contributed by atoms with van der Waals surface area (Å²) in [6, 6.07) is 28.4. The van der Waals surface area contributed by atoms with Gasteiger partial charge >= 0.3 is 0 Å². The first kappa shape index (κ1) is 52.0. The van der Waals surface area contributed by atoms with Crippen LogP contribution in [0.2, 0.25) is 0 Å². The van der Waals surface area contributed by atoms with E-state index in [1.54, 1.807) is 12.4 Å². The number of carbonyl (C=O) groups excluding carboxylic acids is 1. The van der Waals surface area contributed by atoms with Crippen LogP contribution in [0.25, 0.3) is 21.5 Å². The van der Waals surface area contributed by atoms with Crippen molar-refractivity contribution in [3.63, 3.8) is 0 Å². The van der Waals surface area contributed by atoms with Crippen molar-refractivity contribution < 1.29 is 97.2 Å². The van der Waals surface area contributed by atoms with Crippen LogP contribution in [0.5, 0.6) is 0 Å². The molecule has 0 spiro atoms. The Bertz CT molecular complexity index is 3370. The molecule has 9 aromatic rings. The van der Waals surface area contributed by atoms with Crippen LogP contribution in [-0.4, -0.2) is 16.9 Å². The zero-order valence-corrected chi connectivity index (χ0v) is 36.0. The second-order valence-corrected chi connectivity index (χ2v) is 15.9. The molecule has 74 heavy (non-hydrogen) atoms. The molecule has 0 saturated heterocycles. The highest BCUT2D eigenvalue weighted by molar-refractivity contribution is 7.20. The zero-order chi connectivity index (χ0) is 54.0. The Morgan fingerprint density at radius 3 is 1.03 bits per heavy atom. The molecule has 0 aliphatic carbocycles. The number of aromatic nitrogens is 2. The Balaban J connectivity index is 0.000000215. The minimum atomic E-state index is -7.22. The number of carbonyl (C=O) groups is 1. The molecular formula is C50H19BF20N2O. The molecular weight excluding hydrogens is 1040 g/mol. The fourth-order valence-electron chi connectivity index (χ4n) is 8.75. The summed E-state index contributed by atoms with van der Waals surface area (Å²) in [6.45, 7) is 0.618. The van der Waals surface area contributed by atoms with Gasteiger partial charge in [0.1, 0.15) is 58.9 Å². The van der Waals surface area contributed by atoms with Crippen molar-refractivity contribution in [3.05, 3.63) is 237 Å². The van der Waals surface area contributed by atoms with E-state index in [0.717, 1.165) is 32.7 Å². The first-order valence-electron chi connectivity index (χ1n) is 20.6. The van der Waals surface area contributed by atoms with Crippen LogP contribution in [0.15, 0.2) is 104 Å². The summed E-state index contributed by atoms with van der Waals surface area (Å²) in [6.07, 6.45) is -1.96. The third-order valence-electron chi connectivity index (χ3n) is 12.0. The van der Waals surface area contributed by atoms with Crippen molar-refractivity contribution in [2.75, 3.05) is 0 Å². The number of ketones is 1. The highest BCUT2D eigenvalue weighted by atomic mass is 19.2. The van der Waals surface area contributed by atoms with E-state index in [4.69, 9.17) is 0 Å². The normalized spacial score (nSPS) is 11.6. The standard InChI is InChI=1S/C26H19N2O.C24BF20/c29-26(24-17-27-14-15-28(24)18-19-8-2-1-3-9-19)25-22-12-6-4-10-20(22)16-21-11-5-7-13-23(21)25;26-5-1(6(27)14(35)21(42)13(5)34)25(2-7(28)15(36)22(43)16(37)8(2)29,3-9(30)17(38)23(44)18(39)10(3)31)4-11(32)19(40)24(45)20(41)12(4)33/h1-17H,18H2;/q+1;-1. The topological polar surface area (TPSA) is 33.8 Å². The van der Waals surface area contributed by atoms with E-state index >= 15 is 35.1 Å². The van der Waals surface area contributed by atoms with Gasteiger partial charge in [0.15, 0.2) is 82.5 Å². The Morgan fingerprint density at radius 2 is 0.689 bits per heavy atom. The van der Waals surface area contributed by atoms with Gasteiger partial charge in [0.2, 0.25) is 0 Å². The summed E-state index contributed by atoms with van der Waals surface area (Å²) < 4.78 is 296. The predicted molar refractivity (Wildman–Crippen MR) is 224 cm³/mol. The molecule has 9 rings (SSSR count). The van der Waals surface area contributed by atoms with Crippen LogP contribution >= 0.6 is 0 Å². The smallest absolute Gasteiger partial charge is 0.272 e. The van der Waals surface area contributed by atoms with Crippen molar-refractivity contribution >= 4 is 55.3 Å². The average molecular weight is 1050 g/mol. The molecule has 0 unspecified atom stereocenters. The number of benzene rings is 8. The van der Waals surface area contributed by atoms with E-state index in [-0.39, 0.29) is 5.78 Å². The lowest BCUT2D eigenvalue weighted by atomic mass is 9.12. The van der Waals surface area contributed by atoms with Gasteiger partial charge in [-0.25, -0.2) is 87.8 Å². The van der Waals surface area contributed by atoms with E-state index in [1.165, 1.54) is 0 Å². The Labute approximate surface area is 400 Å². The summed E-state index contributed by atoms with van der Waals surface area (Å²) in [5.41, 5.74) is -11.9. The largest absolute Gasteiger partial charge is 0.282 e. The first-order valence-corrected chi connectivity index (χ1v) is 20.6. The van der Waals surface area contributed by atoms with Gasteiger partial charge < -0.3 is 0 Å². The second-order valence-electron chi connectivity index (χ2n) is 15.9. The van der Waals surface area contributed by atoms with Crippen LogP contribution in [0.3, 0.4) is 0 Å². The van der Waals surface area contributed by atoms with Crippen molar-refractivity contribution in [1.82, 2.24) is 4.98 Å². The van der Waals surface area contributed by atoms with Crippen LogP contribution in [0.4, 0.5) is 87.8 Å². The van der Waals surface area contributed by atoms with Crippen molar-refractivity contribution in [3.8, 4) is 0 Å². The monoisotopic (exact) mass is 1050 g/mol. The second kappa shape index (κ2) is 19.6. The van der Waals surface area contributed by atoms with Crippen molar-refractivity contribution in [1.29, 1.82) is 0 Å². The van der Waals surface area contributed by atoms with Crippen LogP contribution in [0, 0.1) is 116 Å². The molecule has 0 aliphatic rings. The summed E-state index contributed by atoms with van der Waals surface area (Å²) >= 11 is 0.